The molecule has 0 saturated heterocycles. The number of Topliss-reactive ketones (excluding diaryl/α,β-unsaturated/α-hetero) is 2. The lowest BCUT2D eigenvalue weighted by molar-refractivity contribution is -0.147. The molecule has 3 aliphatic rings. The van der Waals surface area contributed by atoms with Crippen LogP contribution in [0.25, 0.3) is 17.0 Å². The summed E-state index contributed by atoms with van der Waals surface area (Å²) in [7, 11) is 0. The number of pyridine rings is 1. The van der Waals surface area contributed by atoms with Gasteiger partial charge in [-0.3, -0.25) is 24.2 Å². The molecule has 11 heteroatoms. The van der Waals surface area contributed by atoms with E-state index in [1.54, 1.807) is 24.4 Å². The summed E-state index contributed by atoms with van der Waals surface area (Å²) in [6, 6.07) is 6.68. The molecular formula is C26H23N3O8. The zero-order chi connectivity index (χ0) is 26.8. The van der Waals surface area contributed by atoms with Gasteiger partial charge in [0, 0.05) is 36.6 Å². The number of nitrogens with zero attached hydrogens (tertiary/aromatic N) is 1. The van der Waals surface area contributed by atoms with E-state index in [-0.39, 0.29) is 29.7 Å². The van der Waals surface area contributed by atoms with Crippen molar-refractivity contribution in [3.8, 4) is 17.0 Å². The number of primary amides is 1. The summed E-state index contributed by atoms with van der Waals surface area (Å²) in [5.41, 5.74) is 2.72. The molecule has 2 amide bonds. The molecule has 7 N–H and O–H groups in total. The predicted octanol–water partition coefficient (Wildman–Crippen LogP) is 1.44. The Bertz CT molecular complexity index is 1480. The third-order valence-corrected chi connectivity index (χ3v) is 7.32. The highest BCUT2D eigenvalue weighted by Crippen LogP contribution is 2.54. The van der Waals surface area contributed by atoms with E-state index in [1.165, 1.54) is 13.0 Å². The highest BCUT2D eigenvalue weighted by atomic mass is 16.3. The smallest absolute Gasteiger partial charge is 0.255 e. The van der Waals surface area contributed by atoms with Crippen molar-refractivity contribution >= 4 is 34.8 Å². The first-order valence-corrected chi connectivity index (χ1v) is 11.5. The van der Waals surface area contributed by atoms with Crippen LogP contribution in [0.15, 0.2) is 47.4 Å². The summed E-state index contributed by atoms with van der Waals surface area (Å²) < 4.78 is 0. The minimum absolute atomic E-state index is 0.0127. The van der Waals surface area contributed by atoms with Crippen LogP contribution < -0.4 is 11.1 Å². The van der Waals surface area contributed by atoms with Gasteiger partial charge in [0.25, 0.3) is 5.91 Å². The number of nitrogens with one attached hydrogen (secondary N) is 1. The molecule has 0 spiro atoms. The summed E-state index contributed by atoms with van der Waals surface area (Å²) in [6.45, 7) is 1.24. The number of phenolic OH excluding ortho intramolecular Hbond substituents is 1. The molecule has 5 rings (SSSR count). The Labute approximate surface area is 209 Å². The number of nitrogens with two attached hydrogens (primary N) is 1. The molecule has 1 heterocycles. The molecule has 1 aromatic heterocycles. The van der Waals surface area contributed by atoms with Gasteiger partial charge in [0.1, 0.15) is 22.8 Å². The first-order chi connectivity index (χ1) is 17.5. The van der Waals surface area contributed by atoms with Crippen LogP contribution in [0.2, 0.25) is 0 Å². The van der Waals surface area contributed by atoms with Crippen molar-refractivity contribution in [1.29, 1.82) is 0 Å². The van der Waals surface area contributed by atoms with E-state index in [0.717, 1.165) is 0 Å². The van der Waals surface area contributed by atoms with E-state index in [9.17, 15) is 39.6 Å². The standard InChI is InChI=1S/C26H23N3O8/c1-10(30)29-16-9-13(15-4-2-3-5-28-15)14-7-11-6-12-8-17(31)20(25(27)36)24(35)26(12,37)23(34)18(11)22(33)19(14)21(16)32/h2-5,9,11-12,32-33,35,37H,6-8H2,1H3,(H2,27,36)(H,29,30)/t11-,12+,26+/m1/s1. The van der Waals surface area contributed by atoms with Crippen molar-refractivity contribution in [3.63, 3.8) is 0 Å². The van der Waals surface area contributed by atoms with E-state index in [2.05, 4.69) is 10.3 Å². The summed E-state index contributed by atoms with van der Waals surface area (Å²) in [5.74, 6) is -7.68. The largest absolute Gasteiger partial charge is 0.508 e. The van der Waals surface area contributed by atoms with Gasteiger partial charge in [-0.15, -0.1) is 0 Å². The van der Waals surface area contributed by atoms with Crippen LogP contribution in [0.3, 0.4) is 0 Å². The number of phenols is 1. The van der Waals surface area contributed by atoms with Gasteiger partial charge in [-0.05, 0) is 42.5 Å². The number of carbonyl (C=O) groups excluding carboxylic acids is 4. The predicted molar refractivity (Wildman–Crippen MR) is 129 cm³/mol. The zero-order valence-corrected chi connectivity index (χ0v) is 19.6. The van der Waals surface area contributed by atoms with E-state index in [1.807, 2.05) is 0 Å². The quantitative estimate of drug-likeness (QED) is 0.264. The van der Waals surface area contributed by atoms with Gasteiger partial charge in [-0.2, -0.15) is 0 Å². The van der Waals surface area contributed by atoms with Gasteiger partial charge in [-0.1, -0.05) is 6.07 Å². The van der Waals surface area contributed by atoms with Gasteiger partial charge in [0.05, 0.1) is 16.9 Å². The Hall–Kier alpha value is -4.51. The number of anilines is 1. The second-order valence-corrected chi connectivity index (χ2v) is 9.48. The number of aliphatic hydroxyl groups is 3. The number of aromatic nitrogens is 1. The number of rotatable bonds is 3. The minimum Gasteiger partial charge on any atom is -0.508 e. The SMILES string of the molecule is CC(=O)Nc1cc(-c2ccccn2)c2c(c1O)C(O)=C1C(=O)[C@]3(O)C(O)=C(C(N)=O)C(=O)C[C@@H]3C[C@@H]1C2. The first-order valence-electron chi connectivity index (χ1n) is 11.5. The maximum Gasteiger partial charge on any atom is 0.255 e. The number of hydrogen-bond acceptors (Lipinski definition) is 9. The van der Waals surface area contributed by atoms with E-state index < -0.39 is 70.1 Å². The zero-order valence-electron chi connectivity index (χ0n) is 19.6. The van der Waals surface area contributed by atoms with Crippen molar-refractivity contribution < 1.29 is 39.6 Å². The Balaban J connectivity index is 1.76. The lowest BCUT2D eigenvalue weighted by Gasteiger charge is -2.46. The molecule has 2 aromatic rings. The van der Waals surface area contributed by atoms with Gasteiger partial charge in [-0.25, -0.2) is 0 Å². The molecule has 3 aliphatic carbocycles. The number of benzene rings is 1. The topological polar surface area (TPSA) is 200 Å². The van der Waals surface area contributed by atoms with Crippen LogP contribution in [-0.2, 0) is 25.6 Å². The van der Waals surface area contributed by atoms with Gasteiger partial charge < -0.3 is 31.5 Å². The van der Waals surface area contributed by atoms with Crippen LogP contribution in [0.5, 0.6) is 5.75 Å². The van der Waals surface area contributed by atoms with E-state index >= 15 is 0 Å². The molecule has 0 aliphatic heterocycles. The number of aliphatic hydroxyl groups excluding tert-OH is 2. The third-order valence-electron chi connectivity index (χ3n) is 7.32. The van der Waals surface area contributed by atoms with Crippen molar-refractivity contribution in [3.05, 3.63) is 58.5 Å². The van der Waals surface area contributed by atoms with Crippen molar-refractivity contribution in [2.75, 3.05) is 5.32 Å². The van der Waals surface area contributed by atoms with E-state index in [4.69, 9.17) is 5.73 Å². The monoisotopic (exact) mass is 505 g/mol. The molecule has 1 saturated carbocycles. The van der Waals surface area contributed by atoms with Gasteiger partial charge >= 0.3 is 0 Å². The molecule has 3 atom stereocenters. The average molecular weight is 505 g/mol. The highest BCUT2D eigenvalue weighted by Gasteiger charge is 2.60. The molecule has 37 heavy (non-hydrogen) atoms. The van der Waals surface area contributed by atoms with Crippen LogP contribution in [0, 0.1) is 11.8 Å². The fourth-order valence-corrected chi connectivity index (χ4v) is 5.72. The van der Waals surface area contributed by atoms with Crippen molar-refractivity contribution in [2.24, 2.45) is 17.6 Å². The highest BCUT2D eigenvalue weighted by molar-refractivity contribution is 6.22. The van der Waals surface area contributed by atoms with Crippen LogP contribution in [-0.4, -0.2) is 54.4 Å². The maximum absolute atomic E-state index is 13.7. The number of carbonyl (C=O) groups is 4. The molecule has 11 nitrogen and oxygen atoms in total. The second kappa shape index (κ2) is 8.27. The average Bonchev–Trinajstić information content (AvgIpc) is 2.83. The second-order valence-electron chi connectivity index (χ2n) is 9.48. The van der Waals surface area contributed by atoms with Gasteiger partial charge in [0.15, 0.2) is 11.4 Å². The Morgan fingerprint density at radius 2 is 1.89 bits per heavy atom. The summed E-state index contributed by atoms with van der Waals surface area (Å²) in [5, 5.41) is 46.9. The molecule has 1 aromatic carbocycles. The first kappa shape index (κ1) is 24.2. The Kier molecular flexibility index (Phi) is 5.41. The Morgan fingerprint density at radius 3 is 2.51 bits per heavy atom. The molecule has 0 unspecified atom stereocenters. The summed E-state index contributed by atoms with van der Waals surface area (Å²) in [6.07, 6.45) is 1.29. The number of fused-ring (bicyclic) bond motifs is 3. The molecular weight excluding hydrogens is 482 g/mol. The molecule has 190 valence electrons. The normalized spacial score (nSPS) is 24.8. The molecule has 0 radical (unpaired) electrons. The fraction of sp³-hybridized carbons (Fsp3) is 0.269. The van der Waals surface area contributed by atoms with Crippen molar-refractivity contribution in [2.45, 2.75) is 31.8 Å². The van der Waals surface area contributed by atoms with E-state index in [0.29, 0.717) is 16.8 Å². The van der Waals surface area contributed by atoms with Crippen LogP contribution in [0.4, 0.5) is 5.69 Å². The van der Waals surface area contributed by atoms with Gasteiger partial charge in [0.2, 0.25) is 11.7 Å². The number of amides is 2. The summed E-state index contributed by atoms with van der Waals surface area (Å²) >= 11 is 0. The van der Waals surface area contributed by atoms with Crippen LogP contribution in [0.1, 0.15) is 30.9 Å². The third kappa shape index (κ3) is 3.42. The number of ketones is 2. The lowest BCUT2D eigenvalue weighted by atomic mass is 9.59. The van der Waals surface area contributed by atoms with Crippen LogP contribution >= 0.6 is 0 Å². The van der Waals surface area contributed by atoms with Crippen molar-refractivity contribution in [1.82, 2.24) is 4.98 Å². The Morgan fingerprint density at radius 1 is 1.16 bits per heavy atom. The molecule has 0 bridgehead atoms. The maximum atomic E-state index is 13.7. The number of hydrogen-bond donors (Lipinski definition) is 6. The number of aromatic hydroxyl groups is 1. The fourth-order valence-electron chi connectivity index (χ4n) is 5.72. The molecule has 1 fully saturated rings. The summed E-state index contributed by atoms with van der Waals surface area (Å²) in [4.78, 5) is 54.1. The minimum atomic E-state index is -2.65. The lowest BCUT2D eigenvalue weighted by Crippen LogP contribution is -2.58.